The Morgan fingerprint density at radius 3 is 0.833 bits per heavy atom. The summed E-state index contributed by atoms with van der Waals surface area (Å²) in [5, 5.41) is 0. The molecule has 0 aromatic carbocycles. The van der Waals surface area contributed by atoms with E-state index in [9.17, 15) is 14.4 Å². The van der Waals surface area contributed by atoms with Crippen molar-refractivity contribution >= 4 is 17.9 Å². The maximum Gasteiger partial charge on any atom is 0.306 e. The molecule has 6 heteroatoms. The minimum Gasteiger partial charge on any atom is -0.462 e. The monoisotopic (exact) mass is 845 g/mol. The molecular weight excluding hydrogens is 745 g/mol. The third-order valence-corrected chi connectivity index (χ3v) is 11.7. The van der Waals surface area contributed by atoms with Gasteiger partial charge in [0.15, 0.2) is 6.10 Å². The molecule has 0 rings (SSSR count). The van der Waals surface area contributed by atoms with Crippen LogP contribution in [-0.2, 0) is 28.6 Å². The first-order valence-corrected chi connectivity index (χ1v) is 26.3. The highest BCUT2D eigenvalue weighted by molar-refractivity contribution is 5.71. The van der Waals surface area contributed by atoms with E-state index in [0.717, 1.165) is 57.8 Å². The van der Waals surface area contributed by atoms with Crippen molar-refractivity contribution in [1.29, 1.82) is 0 Å². The van der Waals surface area contributed by atoms with Gasteiger partial charge in [-0.3, -0.25) is 14.4 Å². The van der Waals surface area contributed by atoms with Crippen LogP contribution in [0.25, 0.3) is 0 Å². The van der Waals surface area contributed by atoms with Gasteiger partial charge in [-0.1, -0.05) is 218 Å². The van der Waals surface area contributed by atoms with Crippen molar-refractivity contribution in [2.24, 2.45) is 0 Å². The minimum absolute atomic E-state index is 0.0724. The number of unbranched alkanes of at least 4 members (excludes halogenated alkanes) is 33. The number of hydrogen-bond acceptors (Lipinski definition) is 6. The summed E-state index contributed by atoms with van der Waals surface area (Å²) in [4.78, 5) is 37.7. The van der Waals surface area contributed by atoms with E-state index in [4.69, 9.17) is 14.2 Å². The molecule has 0 aromatic rings. The SMILES string of the molecule is CCCCCCCCC/C=C\CCCCCCCCCC(=O)OCC(COC(=O)CCCCCCCC)OC(=O)CCCCCCCCC/C=C\CCCCCCCCC. The fourth-order valence-corrected chi connectivity index (χ4v) is 7.67. The number of carbonyl (C=O) groups is 3. The van der Waals surface area contributed by atoms with Gasteiger partial charge in [-0.15, -0.1) is 0 Å². The zero-order valence-electron chi connectivity index (χ0n) is 40.2. The van der Waals surface area contributed by atoms with E-state index >= 15 is 0 Å². The van der Waals surface area contributed by atoms with E-state index in [-0.39, 0.29) is 31.1 Å². The average molecular weight is 845 g/mol. The van der Waals surface area contributed by atoms with Crippen molar-refractivity contribution in [2.45, 2.75) is 290 Å². The third-order valence-electron chi connectivity index (χ3n) is 11.7. The largest absolute Gasteiger partial charge is 0.462 e. The van der Waals surface area contributed by atoms with Gasteiger partial charge < -0.3 is 14.2 Å². The van der Waals surface area contributed by atoms with Crippen molar-refractivity contribution in [3.05, 3.63) is 24.3 Å². The zero-order chi connectivity index (χ0) is 43.7. The Balaban J connectivity index is 4.19. The van der Waals surface area contributed by atoms with Crippen molar-refractivity contribution < 1.29 is 28.6 Å². The minimum atomic E-state index is -0.769. The lowest BCUT2D eigenvalue weighted by molar-refractivity contribution is -0.167. The predicted molar refractivity (Wildman–Crippen MR) is 256 cm³/mol. The summed E-state index contributed by atoms with van der Waals surface area (Å²) in [6.07, 6.45) is 56.2. The quantitative estimate of drug-likeness (QED) is 0.0263. The van der Waals surface area contributed by atoms with Gasteiger partial charge in [0.25, 0.3) is 0 Å². The zero-order valence-corrected chi connectivity index (χ0v) is 40.2. The number of carbonyl (C=O) groups excluding carboxylic acids is 3. The maximum atomic E-state index is 12.8. The Morgan fingerprint density at radius 2 is 0.550 bits per heavy atom. The molecule has 0 fully saturated rings. The number of ether oxygens (including phenoxy) is 3. The lowest BCUT2D eigenvalue weighted by Crippen LogP contribution is -2.30. The van der Waals surface area contributed by atoms with Crippen LogP contribution in [0.5, 0.6) is 0 Å². The first-order chi connectivity index (χ1) is 29.5. The van der Waals surface area contributed by atoms with E-state index < -0.39 is 6.10 Å². The second kappa shape index (κ2) is 49.5. The molecule has 0 saturated heterocycles. The van der Waals surface area contributed by atoms with Crippen LogP contribution >= 0.6 is 0 Å². The van der Waals surface area contributed by atoms with E-state index in [1.165, 1.54) is 186 Å². The van der Waals surface area contributed by atoms with Crippen molar-refractivity contribution in [3.8, 4) is 0 Å². The lowest BCUT2D eigenvalue weighted by atomic mass is 10.1. The summed E-state index contributed by atoms with van der Waals surface area (Å²) in [5.41, 5.74) is 0. The number of allylic oxidation sites excluding steroid dienone is 4. The molecule has 352 valence electrons. The molecule has 0 N–H and O–H groups in total. The normalized spacial score (nSPS) is 12.1. The topological polar surface area (TPSA) is 78.9 Å². The molecule has 0 aromatic heterocycles. The highest BCUT2D eigenvalue weighted by Gasteiger charge is 2.19. The van der Waals surface area contributed by atoms with Crippen LogP contribution in [0.4, 0.5) is 0 Å². The van der Waals surface area contributed by atoms with Crippen molar-refractivity contribution in [3.63, 3.8) is 0 Å². The summed E-state index contributed by atoms with van der Waals surface area (Å²) >= 11 is 0. The molecule has 1 unspecified atom stereocenters. The van der Waals surface area contributed by atoms with Gasteiger partial charge in [-0.25, -0.2) is 0 Å². The van der Waals surface area contributed by atoms with Crippen LogP contribution in [0.2, 0.25) is 0 Å². The molecule has 60 heavy (non-hydrogen) atoms. The van der Waals surface area contributed by atoms with Crippen molar-refractivity contribution in [1.82, 2.24) is 0 Å². The summed E-state index contributed by atoms with van der Waals surface area (Å²) in [6, 6.07) is 0. The van der Waals surface area contributed by atoms with Gasteiger partial charge in [-0.2, -0.15) is 0 Å². The van der Waals surface area contributed by atoms with Crippen LogP contribution in [0.1, 0.15) is 284 Å². The molecule has 0 aliphatic heterocycles. The molecule has 0 bridgehead atoms. The van der Waals surface area contributed by atoms with Crippen LogP contribution in [-0.4, -0.2) is 37.2 Å². The fraction of sp³-hybridized carbons (Fsp3) is 0.870. The molecule has 0 heterocycles. The number of esters is 3. The summed E-state index contributed by atoms with van der Waals surface area (Å²) in [5.74, 6) is -0.879. The lowest BCUT2D eigenvalue weighted by Gasteiger charge is -2.18. The second-order valence-electron chi connectivity index (χ2n) is 17.8. The van der Waals surface area contributed by atoms with Gasteiger partial charge in [0.05, 0.1) is 0 Å². The molecule has 0 saturated carbocycles. The Labute approximate surface area is 373 Å². The first-order valence-electron chi connectivity index (χ1n) is 26.3. The van der Waals surface area contributed by atoms with E-state index in [2.05, 4.69) is 45.1 Å². The van der Waals surface area contributed by atoms with Gasteiger partial charge in [0.1, 0.15) is 13.2 Å². The maximum absolute atomic E-state index is 12.8. The molecule has 0 aliphatic rings. The van der Waals surface area contributed by atoms with Crippen LogP contribution in [0, 0.1) is 0 Å². The summed E-state index contributed by atoms with van der Waals surface area (Å²) < 4.78 is 16.7. The number of hydrogen-bond donors (Lipinski definition) is 0. The van der Waals surface area contributed by atoms with E-state index in [0.29, 0.717) is 19.3 Å². The standard InChI is InChI=1S/C54H100O6/c1-4-7-10-13-16-18-20-22-24-26-28-30-32-34-36-38-41-44-47-53(56)59-50-51(49-58-52(55)46-43-40-15-12-9-6-3)60-54(57)48-45-42-39-37-35-33-31-29-27-25-23-21-19-17-14-11-8-5-2/h24-27,51H,4-23,28-50H2,1-3H3/b26-24-,27-25-. The highest BCUT2D eigenvalue weighted by atomic mass is 16.6. The Hall–Kier alpha value is -2.11. The summed E-state index contributed by atoms with van der Waals surface area (Å²) in [6.45, 7) is 6.59. The average Bonchev–Trinajstić information content (AvgIpc) is 3.24. The molecule has 0 spiro atoms. The van der Waals surface area contributed by atoms with Gasteiger partial charge in [-0.05, 0) is 70.6 Å². The molecule has 0 radical (unpaired) electrons. The summed E-state index contributed by atoms with van der Waals surface area (Å²) in [7, 11) is 0. The fourth-order valence-electron chi connectivity index (χ4n) is 7.67. The van der Waals surface area contributed by atoms with E-state index in [1.807, 2.05) is 0 Å². The molecule has 0 amide bonds. The molecule has 6 nitrogen and oxygen atoms in total. The molecule has 0 aliphatic carbocycles. The second-order valence-corrected chi connectivity index (χ2v) is 17.8. The van der Waals surface area contributed by atoms with E-state index in [1.54, 1.807) is 0 Å². The smallest absolute Gasteiger partial charge is 0.306 e. The molecule has 1 atom stereocenters. The van der Waals surface area contributed by atoms with Crippen LogP contribution in [0.15, 0.2) is 24.3 Å². The third kappa shape index (κ3) is 46.9. The highest BCUT2D eigenvalue weighted by Crippen LogP contribution is 2.15. The van der Waals surface area contributed by atoms with Gasteiger partial charge >= 0.3 is 17.9 Å². The van der Waals surface area contributed by atoms with Crippen molar-refractivity contribution in [2.75, 3.05) is 13.2 Å². The predicted octanol–water partition coefficient (Wildman–Crippen LogP) is 17.2. The molecular formula is C54H100O6. The van der Waals surface area contributed by atoms with Crippen LogP contribution < -0.4 is 0 Å². The number of rotatable bonds is 48. The first kappa shape index (κ1) is 57.9. The Morgan fingerprint density at radius 1 is 0.317 bits per heavy atom. The van der Waals surface area contributed by atoms with Crippen LogP contribution in [0.3, 0.4) is 0 Å². The van der Waals surface area contributed by atoms with Gasteiger partial charge in [0.2, 0.25) is 0 Å². The Bertz CT molecular complexity index is 973. The van der Waals surface area contributed by atoms with Gasteiger partial charge in [0, 0.05) is 19.3 Å². The Kier molecular flexibility index (Phi) is 47.8.